The molecular formula is C12H19NO4. The minimum absolute atomic E-state index is 0.0154. The fraction of sp³-hybridized carbons (Fsp3) is 0.583. The average Bonchev–Trinajstić information content (AvgIpc) is 2.65. The second-order valence-corrected chi connectivity index (χ2v) is 4.24. The number of carboxylic acids is 1. The van der Waals surface area contributed by atoms with Crippen LogP contribution in [0.15, 0.2) is 16.7 Å². The van der Waals surface area contributed by atoms with E-state index in [2.05, 4.69) is 0 Å². The lowest BCUT2D eigenvalue weighted by Crippen LogP contribution is -2.24. The average molecular weight is 241 g/mol. The molecule has 0 aliphatic heterocycles. The van der Waals surface area contributed by atoms with Crippen molar-refractivity contribution >= 4 is 5.97 Å². The van der Waals surface area contributed by atoms with Crippen LogP contribution in [0.2, 0.25) is 0 Å². The number of furan rings is 1. The van der Waals surface area contributed by atoms with Gasteiger partial charge in [0.05, 0.1) is 19.0 Å². The van der Waals surface area contributed by atoms with Crippen molar-refractivity contribution in [2.75, 3.05) is 20.2 Å². The smallest absolute Gasteiger partial charge is 0.372 e. The van der Waals surface area contributed by atoms with Gasteiger partial charge < -0.3 is 14.3 Å². The Balaban J connectivity index is 2.42. The summed E-state index contributed by atoms with van der Waals surface area (Å²) in [4.78, 5) is 12.8. The number of hydrogen-bond donors (Lipinski definition) is 1. The third-order valence-electron chi connectivity index (χ3n) is 2.31. The van der Waals surface area contributed by atoms with E-state index in [0.717, 1.165) is 6.54 Å². The number of ether oxygens (including phenoxy) is 1. The van der Waals surface area contributed by atoms with Gasteiger partial charge in [-0.1, -0.05) is 0 Å². The van der Waals surface area contributed by atoms with Crippen molar-refractivity contribution < 1.29 is 19.1 Å². The fourth-order valence-electron chi connectivity index (χ4n) is 1.46. The topological polar surface area (TPSA) is 62.9 Å². The second-order valence-electron chi connectivity index (χ2n) is 4.24. The van der Waals surface area contributed by atoms with Crippen LogP contribution in [-0.2, 0) is 11.3 Å². The van der Waals surface area contributed by atoms with Crippen LogP contribution in [0.25, 0.3) is 0 Å². The van der Waals surface area contributed by atoms with E-state index in [1.54, 1.807) is 6.07 Å². The van der Waals surface area contributed by atoms with Gasteiger partial charge in [0.1, 0.15) is 0 Å². The molecular weight excluding hydrogens is 222 g/mol. The van der Waals surface area contributed by atoms with Crippen LogP contribution >= 0.6 is 0 Å². The van der Waals surface area contributed by atoms with Crippen molar-refractivity contribution in [1.82, 2.24) is 4.90 Å². The molecule has 0 saturated heterocycles. The van der Waals surface area contributed by atoms with Crippen LogP contribution < -0.4 is 0 Å². The molecule has 1 N–H and O–H groups in total. The highest BCUT2D eigenvalue weighted by Crippen LogP contribution is 2.12. The van der Waals surface area contributed by atoms with Crippen LogP contribution in [-0.4, -0.2) is 42.3 Å². The molecule has 5 heteroatoms. The fourth-order valence-corrected chi connectivity index (χ4v) is 1.46. The third-order valence-corrected chi connectivity index (χ3v) is 2.31. The first-order valence-electron chi connectivity index (χ1n) is 5.60. The first-order chi connectivity index (χ1) is 8.00. The van der Waals surface area contributed by atoms with E-state index < -0.39 is 5.97 Å². The molecule has 0 spiro atoms. The van der Waals surface area contributed by atoms with Gasteiger partial charge in [0.25, 0.3) is 0 Å². The first-order valence-corrected chi connectivity index (χ1v) is 5.60. The Labute approximate surface area is 101 Å². The molecule has 17 heavy (non-hydrogen) atoms. The van der Waals surface area contributed by atoms with Gasteiger partial charge in [0.15, 0.2) is 0 Å². The van der Waals surface area contributed by atoms with Gasteiger partial charge >= 0.3 is 5.97 Å². The highest BCUT2D eigenvalue weighted by Gasteiger charge is 2.15. The summed E-state index contributed by atoms with van der Waals surface area (Å²) < 4.78 is 10.3. The molecule has 5 nitrogen and oxygen atoms in total. The minimum atomic E-state index is -1.03. The Morgan fingerprint density at radius 3 is 2.88 bits per heavy atom. The zero-order chi connectivity index (χ0) is 12.8. The van der Waals surface area contributed by atoms with E-state index >= 15 is 0 Å². The van der Waals surface area contributed by atoms with E-state index in [-0.39, 0.29) is 11.9 Å². The standard InChI is InChI=1S/C12H19NO4/c1-9(2)16-7-5-13(3)8-10-4-6-17-11(10)12(14)15/h4,6,9H,5,7-8H2,1-3H3,(H,14,15). The lowest BCUT2D eigenvalue weighted by atomic mass is 10.2. The summed E-state index contributed by atoms with van der Waals surface area (Å²) in [5.41, 5.74) is 0.685. The summed E-state index contributed by atoms with van der Waals surface area (Å²) in [7, 11) is 1.92. The van der Waals surface area contributed by atoms with E-state index in [0.29, 0.717) is 18.7 Å². The zero-order valence-electron chi connectivity index (χ0n) is 10.5. The minimum Gasteiger partial charge on any atom is -0.475 e. The van der Waals surface area contributed by atoms with Crippen molar-refractivity contribution in [2.45, 2.75) is 26.5 Å². The highest BCUT2D eigenvalue weighted by molar-refractivity contribution is 5.86. The van der Waals surface area contributed by atoms with Crippen LogP contribution in [0.1, 0.15) is 30.0 Å². The molecule has 96 valence electrons. The molecule has 0 saturated carbocycles. The van der Waals surface area contributed by atoms with Crippen molar-refractivity contribution in [3.63, 3.8) is 0 Å². The monoisotopic (exact) mass is 241 g/mol. The van der Waals surface area contributed by atoms with Crippen molar-refractivity contribution in [3.8, 4) is 0 Å². The zero-order valence-corrected chi connectivity index (χ0v) is 10.5. The molecule has 0 fully saturated rings. The van der Waals surface area contributed by atoms with Crippen molar-refractivity contribution in [3.05, 3.63) is 23.7 Å². The Morgan fingerprint density at radius 2 is 2.29 bits per heavy atom. The van der Waals surface area contributed by atoms with E-state index in [1.807, 2.05) is 25.8 Å². The Bertz CT molecular complexity index is 359. The Morgan fingerprint density at radius 1 is 1.59 bits per heavy atom. The van der Waals surface area contributed by atoms with Crippen LogP contribution in [0, 0.1) is 0 Å². The van der Waals surface area contributed by atoms with Crippen LogP contribution in [0.4, 0.5) is 0 Å². The predicted octanol–water partition coefficient (Wildman–Crippen LogP) is 1.83. The maximum absolute atomic E-state index is 10.8. The number of rotatable bonds is 7. The highest BCUT2D eigenvalue weighted by atomic mass is 16.5. The van der Waals surface area contributed by atoms with Gasteiger partial charge in [0.2, 0.25) is 5.76 Å². The molecule has 0 unspecified atom stereocenters. The third kappa shape index (κ3) is 4.58. The number of nitrogens with zero attached hydrogens (tertiary/aromatic N) is 1. The molecule has 1 aromatic heterocycles. The molecule has 0 radical (unpaired) electrons. The van der Waals surface area contributed by atoms with Crippen molar-refractivity contribution in [1.29, 1.82) is 0 Å². The number of aromatic carboxylic acids is 1. The van der Waals surface area contributed by atoms with Gasteiger partial charge in [-0.25, -0.2) is 4.79 Å². The Kier molecular flexibility index (Phi) is 5.18. The molecule has 0 amide bonds. The molecule has 0 aromatic carbocycles. The molecule has 0 aliphatic carbocycles. The lowest BCUT2D eigenvalue weighted by molar-refractivity contribution is 0.0619. The van der Waals surface area contributed by atoms with Gasteiger partial charge in [0, 0.05) is 18.7 Å². The molecule has 1 rings (SSSR count). The summed E-state index contributed by atoms with van der Waals surface area (Å²) in [5.74, 6) is -1.02. The molecule has 1 heterocycles. The van der Waals surface area contributed by atoms with Gasteiger partial charge in [-0.05, 0) is 27.0 Å². The first kappa shape index (κ1) is 13.7. The largest absolute Gasteiger partial charge is 0.475 e. The van der Waals surface area contributed by atoms with Crippen LogP contribution in [0.3, 0.4) is 0 Å². The summed E-state index contributed by atoms with van der Waals surface area (Å²) in [5, 5.41) is 8.88. The van der Waals surface area contributed by atoms with Gasteiger partial charge in [-0.2, -0.15) is 0 Å². The maximum Gasteiger partial charge on any atom is 0.372 e. The number of carbonyl (C=O) groups is 1. The Hall–Kier alpha value is -1.33. The molecule has 1 aromatic rings. The number of hydrogen-bond acceptors (Lipinski definition) is 4. The number of carboxylic acid groups (broad SMARTS) is 1. The normalized spacial score (nSPS) is 11.4. The van der Waals surface area contributed by atoms with E-state index in [1.165, 1.54) is 6.26 Å². The van der Waals surface area contributed by atoms with Crippen molar-refractivity contribution in [2.24, 2.45) is 0 Å². The van der Waals surface area contributed by atoms with E-state index in [4.69, 9.17) is 14.3 Å². The summed E-state index contributed by atoms with van der Waals surface area (Å²) >= 11 is 0. The summed E-state index contributed by atoms with van der Waals surface area (Å²) in [6.45, 7) is 5.90. The second kappa shape index (κ2) is 6.42. The molecule has 0 aliphatic rings. The summed E-state index contributed by atoms with van der Waals surface area (Å²) in [6, 6.07) is 1.68. The predicted molar refractivity (Wildman–Crippen MR) is 63.1 cm³/mol. The SMILES string of the molecule is CC(C)OCCN(C)Cc1ccoc1C(=O)O. The molecule has 0 bridgehead atoms. The van der Waals surface area contributed by atoms with E-state index in [9.17, 15) is 4.79 Å². The van der Waals surface area contributed by atoms with Crippen LogP contribution in [0.5, 0.6) is 0 Å². The maximum atomic E-state index is 10.8. The van der Waals surface area contributed by atoms with Gasteiger partial charge in [-0.15, -0.1) is 0 Å². The number of likely N-dealkylation sites (N-methyl/N-ethyl adjacent to an activating group) is 1. The molecule has 0 atom stereocenters. The van der Waals surface area contributed by atoms with Gasteiger partial charge in [-0.3, -0.25) is 4.90 Å². The summed E-state index contributed by atoms with van der Waals surface area (Å²) in [6.07, 6.45) is 1.61. The lowest BCUT2D eigenvalue weighted by Gasteiger charge is -2.17. The quantitative estimate of drug-likeness (QED) is 0.789.